The van der Waals surface area contributed by atoms with E-state index in [0.717, 1.165) is 25.1 Å². The average Bonchev–Trinajstić information content (AvgIpc) is 2.37. The van der Waals surface area contributed by atoms with Gasteiger partial charge in [0.1, 0.15) is 0 Å². The van der Waals surface area contributed by atoms with Crippen LogP contribution in [0.15, 0.2) is 24.3 Å². The standard InChI is InChI=1S/C15H22N2O3/c1-15(2)10-13(7-8-20-15)16-11-5-4-6-12(9-11)17-14(18)19-3/h4-6,9,13,16H,7-8,10H2,1-3H3,(H,17,18). The molecule has 1 unspecified atom stereocenters. The Balaban J connectivity index is 1.99. The average molecular weight is 278 g/mol. The predicted octanol–water partition coefficient (Wildman–Crippen LogP) is 3.23. The molecule has 0 bridgehead atoms. The number of methoxy groups -OCH3 is 1. The summed E-state index contributed by atoms with van der Waals surface area (Å²) in [5, 5.41) is 6.16. The second kappa shape index (κ2) is 6.13. The highest BCUT2D eigenvalue weighted by atomic mass is 16.5. The molecule has 1 aliphatic rings. The van der Waals surface area contributed by atoms with Crippen LogP contribution in [0.1, 0.15) is 26.7 Å². The first-order valence-electron chi connectivity index (χ1n) is 6.84. The molecule has 1 heterocycles. The van der Waals surface area contributed by atoms with Crippen molar-refractivity contribution in [2.75, 3.05) is 24.4 Å². The van der Waals surface area contributed by atoms with Gasteiger partial charge in [-0.15, -0.1) is 0 Å². The predicted molar refractivity (Wildman–Crippen MR) is 79.1 cm³/mol. The maximum absolute atomic E-state index is 11.2. The van der Waals surface area contributed by atoms with Crippen LogP contribution in [0, 0.1) is 0 Å². The number of carbonyl (C=O) groups is 1. The Morgan fingerprint density at radius 1 is 1.40 bits per heavy atom. The number of ether oxygens (including phenoxy) is 2. The molecule has 0 aromatic heterocycles. The summed E-state index contributed by atoms with van der Waals surface area (Å²) in [5.41, 5.74) is 1.62. The summed E-state index contributed by atoms with van der Waals surface area (Å²) in [7, 11) is 1.35. The number of carbonyl (C=O) groups excluding carboxylic acids is 1. The smallest absolute Gasteiger partial charge is 0.411 e. The topological polar surface area (TPSA) is 59.6 Å². The van der Waals surface area contributed by atoms with E-state index in [1.807, 2.05) is 24.3 Å². The van der Waals surface area contributed by atoms with Gasteiger partial charge in [0.25, 0.3) is 0 Å². The summed E-state index contributed by atoms with van der Waals surface area (Å²) < 4.78 is 10.3. The molecule has 110 valence electrons. The zero-order chi connectivity index (χ0) is 14.6. The van der Waals surface area contributed by atoms with E-state index in [4.69, 9.17) is 4.74 Å². The van der Waals surface area contributed by atoms with Crippen LogP contribution in [-0.4, -0.2) is 31.5 Å². The van der Waals surface area contributed by atoms with Crippen molar-refractivity contribution >= 4 is 17.5 Å². The van der Waals surface area contributed by atoms with E-state index in [1.54, 1.807) is 0 Å². The summed E-state index contributed by atoms with van der Waals surface area (Å²) in [5.74, 6) is 0. The van der Waals surface area contributed by atoms with Crippen molar-refractivity contribution in [2.45, 2.75) is 38.3 Å². The van der Waals surface area contributed by atoms with Crippen LogP contribution in [0.25, 0.3) is 0 Å². The second-order valence-corrected chi connectivity index (χ2v) is 5.64. The van der Waals surface area contributed by atoms with Gasteiger partial charge in [0.15, 0.2) is 0 Å². The fourth-order valence-corrected chi connectivity index (χ4v) is 2.45. The number of hydrogen-bond acceptors (Lipinski definition) is 4. The van der Waals surface area contributed by atoms with E-state index in [2.05, 4.69) is 29.2 Å². The van der Waals surface area contributed by atoms with Crippen molar-refractivity contribution in [1.82, 2.24) is 0 Å². The Morgan fingerprint density at radius 3 is 2.85 bits per heavy atom. The molecule has 0 radical (unpaired) electrons. The lowest BCUT2D eigenvalue weighted by molar-refractivity contribution is -0.0553. The minimum absolute atomic E-state index is 0.0855. The minimum atomic E-state index is -0.464. The molecule has 0 spiro atoms. The summed E-state index contributed by atoms with van der Waals surface area (Å²) in [6.07, 6.45) is 1.48. The maximum atomic E-state index is 11.2. The zero-order valence-electron chi connectivity index (χ0n) is 12.2. The lowest BCUT2D eigenvalue weighted by Gasteiger charge is -2.36. The summed E-state index contributed by atoms with van der Waals surface area (Å²) in [4.78, 5) is 11.2. The number of nitrogens with one attached hydrogen (secondary N) is 2. The monoisotopic (exact) mass is 278 g/mol. The van der Waals surface area contributed by atoms with E-state index in [1.165, 1.54) is 7.11 Å². The quantitative estimate of drug-likeness (QED) is 0.891. The molecular formula is C15H22N2O3. The third-order valence-corrected chi connectivity index (χ3v) is 3.36. The normalized spacial score (nSPS) is 21.1. The molecular weight excluding hydrogens is 256 g/mol. The van der Waals surface area contributed by atoms with Crippen molar-refractivity contribution in [3.8, 4) is 0 Å². The lowest BCUT2D eigenvalue weighted by Crippen LogP contribution is -2.40. The highest BCUT2D eigenvalue weighted by molar-refractivity contribution is 5.85. The van der Waals surface area contributed by atoms with Gasteiger partial charge < -0.3 is 14.8 Å². The SMILES string of the molecule is COC(=O)Nc1cccc(NC2CCOC(C)(C)C2)c1. The van der Waals surface area contributed by atoms with E-state index >= 15 is 0 Å². The Bertz CT molecular complexity index is 474. The Hall–Kier alpha value is -1.75. The van der Waals surface area contributed by atoms with E-state index < -0.39 is 6.09 Å². The zero-order valence-corrected chi connectivity index (χ0v) is 12.2. The largest absolute Gasteiger partial charge is 0.453 e. The van der Waals surface area contributed by atoms with Gasteiger partial charge in [0.05, 0.1) is 12.7 Å². The number of rotatable bonds is 3. The van der Waals surface area contributed by atoms with Gasteiger partial charge in [-0.05, 0) is 44.9 Å². The first kappa shape index (κ1) is 14.7. The van der Waals surface area contributed by atoms with Gasteiger partial charge in [-0.25, -0.2) is 4.79 Å². The van der Waals surface area contributed by atoms with Crippen LogP contribution in [0.2, 0.25) is 0 Å². The molecule has 1 fully saturated rings. The van der Waals surface area contributed by atoms with Crippen LogP contribution in [0.5, 0.6) is 0 Å². The van der Waals surface area contributed by atoms with Crippen molar-refractivity contribution < 1.29 is 14.3 Å². The molecule has 2 N–H and O–H groups in total. The number of benzene rings is 1. The van der Waals surface area contributed by atoms with Crippen molar-refractivity contribution in [1.29, 1.82) is 0 Å². The molecule has 1 saturated heterocycles. The summed E-state index contributed by atoms with van der Waals surface area (Å²) >= 11 is 0. The molecule has 0 saturated carbocycles. The molecule has 1 aromatic carbocycles. The fraction of sp³-hybridized carbons (Fsp3) is 0.533. The number of hydrogen-bond donors (Lipinski definition) is 2. The maximum Gasteiger partial charge on any atom is 0.411 e. The summed E-state index contributed by atoms with van der Waals surface area (Å²) in [6.45, 7) is 4.98. The van der Waals surface area contributed by atoms with E-state index in [0.29, 0.717) is 11.7 Å². The minimum Gasteiger partial charge on any atom is -0.453 e. The van der Waals surface area contributed by atoms with Crippen LogP contribution in [0.3, 0.4) is 0 Å². The molecule has 0 aliphatic carbocycles. The van der Waals surface area contributed by atoms with E-state index in [9.17, 15) is 4.79 Å². The first-order valence-corrected chi connectivity index (χ1v) is 6.84. The Kier molecular flexibility index (Phi) is 4.49. The van der Waals surface area contributed by atoms with Crippen LogP contribution >= 0.6 is 0 Å². The van der Waals surface area contributed by atoms with Crippen molar-refractivity contribution in [3.05, 3.63) is 24.3 Å². The summed E-state index contributed by atoms with van der Waals surface area (Å²) in [6, 6.07) is 8.01. The Labute approximate surface area is 119 Å². The van der Waals surface area contributed by atoms with Gasteiger partial charge >= 0.3 is 6.09 Å². The van der Waals surface area contributed by atoms with Gasteiger partial charge in [-0.3, -0.25) is 5.32 Å². The third-order valence-electron chi connectivity index (χ3n) is 3.36. The number of amides is 1. The lowest BCUT2D eigenvalue weighted by atomic mass is 9.94. The first-order chi connectivity index (χ1) is 9.48. The molecule has 1 aromatic rings. The van der Waals surface area contributed by atoms with Gasteiger partial charge in [-0.2, -0.15) is 0 Å². The Morgan fingerprint density at radius 2 is 2.15 bits per heavy atom. The van der Waals surface area contributed by atoms with Crippen LogP contribution in [0.4, 0.5) is 16.2 Å². The fourth-order valence-electron chi connectivity index (χ4n) is 2.45. The molecule has 5 heteroatoms. The highest BCUT2D eigenvalue weighted by Gasteiger charge is 2.28. The molecule has 5 nitrogen and oxygen atoms in total. The van der Waals surface area contributed by atoms with Gasteiger partial charge in [0, 0.05) is 24.0 Å². The molecule has 1 amide bonds. The van der Waals surface area contributed by atoms with Crippen molar-refractivity contribution in [3.63, 3.8) is 0 Å². The van der Waals surface area contributed by atoms with Crippen molar-refractivity contribution in [2.24, 2.45) is 0 Å². The number of anilines is 2. The molecule has 20 heavy (non-hydrogen) atoms. The van der Waals surface area contributed by atoms with Gasteiger partial charge in [-0.1, -0.05) is 6.07 Å². The molecule has 1 aliphatic heterocycles. The molecule has 1 atom stereocenters. The highest BCUT2D eigenvalue weighted by Crippen LogP contribution is 2.27. The van der Waals surface area contributed by atoms with Gasteiger partial charge in [0.2, 0.25) is 0 Å². The van der Waals surface area contributed by atoms with E-state index in [-0.39, 0.29) is 5.60 Å². The van der Waals surface area contributed by atoms with Crippen LogP contribution in [-0.2, 0) is 9.47 Å². The molecule has 2 rings (SSSR count). The van der Waals surface area contributed by atoms with Crippen LogP contribution < -0.4 is 10.6 Å². The third kappa shape index (κ3) is 4.13. The second-order valence-electron chi connectivity index (χ2n) is 5.64.